The molecule has 0 spiro atoms. The standard InChI is InChI=1S/C14H17N3Se/c1-17-10-9-16-14(17)12-15-8-5-11-18-13-6-3-2-4-7-13/h2-4,6-7,9-10,12H,5,8,11H2,1H3. The minimum absolute atomic E-state index is 0.583. The van der Waals surface area contributed by atoms with E-state index in [0.29, 0.717) is 15.0 Å². The number of aliphatic imine (C=N–C) groups is 1. The zero-order valence-corrected chi connectivity index (χ0v) is 12.2. The monoisotopic (exact) mass is 307 g/mol. The maximum absolute atomic E-state index is 4.41. The van der Waals surface area contributed by atoms with Crippen molar-refractivity contribution >= 4 is 25.6 Å². The Kier molecular flexibility index (Phi) is 5.18. The Morgan fingerprint density at radius 2 is 2.17 bits per heavy atom. The molecule has 18 heavy (non-hydrogen) atoms. The second-order valence-electron chi connectivity index (χ2n) is 3.95. The van der Waals surface area contributed by atoms with Crippen molar-refractivity contribution in [3.8, 4) is 0 Å². The molecule has 2 aromatic rings. The molecule has 0 aliphatic heterocycles. The molecule has 3 nitrogen and oxygen atoms in total. The Morgan fingerprint density at radius 1 is 1.33 bits per heavy atom. The summed E-state index contributed by atoms with van der Waals surface area (Å²) in [5.74, 6) is 0.920. The molecule has 0 aliphatic rings. The van der Waals surface area contributed by atoms with Crippen molar-refractivity contribution in [3.05, 3.63) is 48.5 Å². The molecule has 0 saturated heterocycles. The first-order valence-corrected chi connectivity index (χ1v) is 8.08. The third kappa shape index (κ3) is 4.13. The van der Waals surface area contributed by atoms with Gasteiger partial charge in [-0.1, -0.05) is 0 Å². The summed E-state index contributed by atoms with van der Waals surface area (Å²) in [4.78, 5) is 8.61. The van der Waals surface area contributed by atoms with Gasteiger partial charge < -0.3 is 0 Å². The molecule has 0 atom stereocenters. The normalized spacial score (nSPS) is 11.2. The van der Waals surface area contributed by atoms with Gasteiger partial charge in [0.1, 0.15) is 0 Å². The maximum atomic E-state index is 4.41. The fourth-order valence-corrected chi connectivity index (χ4v) is 3.31. The van der Waals surface area contributed by atoms with E-state index in [0.717, 1.165) is 18.8 Å². The first-order chi connectivity index (χ1) is 8.86. The van der Waals surface area contributed by atoms with Crippen LogP contribution in [-0.4, -0.2) is 37.3 Å². The molecule has 0 unspecified atom stereocenters. The molecule has 1 heterocycles. The topological polar surface area (TPSA) is 30.2 Å². The minimum atomic E-state index is 0.583. The van der Waals surface area contributed by atoms with E-state index < -0.39 is 0 Å². The van der Waals surface area contributed by atoms with E-state index in [2.05, 4.69) is 40.3 Å². The molecule has 4 heteroatoms. The van der Waals surface area contributed by atoms with E-state index in [4.69, 9.17) is 0 Å². The SMILES string of the molecule is Cn1ccnc1C=NCCC[Se]c1ccccc1. The summed E-state index contributed by atoms with van der Waals surface area (Å²) >= 11 is 0.583. The van der Waals surface area contributed by atoms with Crippen molar-refractivity contribution in [2.24, 2.45) is 12.0 Å². The van der Waals surface area contributed by atoms with E-state index in [1.165, 1.54) is 9.78 Å². The summed E-state index contributed by atoms with van der Waals surface area (Å²) in [7, 11) is 1.98. The second-order valence-corrected chi connectivity index (χ2v) is 6.40. The zero-order valence-electron chi connectivity index (χ0n) is 10.5. The summed E-state index contributed by atoms with van der Waals surface area (Å²) in [5, 5.41) is 1.24. The van der Waals surface area contributed by atoms with Gasteiger partial charge in [-0.05, 0) is 0 Å². The van der Waals surface area contributed by atoms with Gasteiger partial charge in [-0.25, -0.2) is 0 Å². The molecule has 2 rings (SSSR count). The first kappa shape index (κ1) is 13.1. The molecule has 1 aromatic carbocycles. The fraction of sp³-hybridized carbons (Fsp3) is 0.286. The van der Waals surface area contributed by atoms with Crippen LogP contribution in [0.15, 0.2) is 47.7 Å². The predicted molar refractivity (Wildman–Crippen MR) is 76.9 cm³/mol. The third-order valence-corrected chi connectivity index (χ3v) is 4.81. The van der Waals surface area contributed by atoms with E-state index in [1.54, 1.807) is 6.20 Å². The molecular formula is C14H17N3Se. The Labute approximate surface area is 114 Å². The number of hydrogen-bond donors (Lipinski definition) is 0. The van der Waals surface area contributed by atoms with Crippen LogP contribution in [-0.2, 0) is 7.05 Å². The summed E-state index contributed by atoms with van der Waals surface area (Å²) < 4.78 is 3.44. The molecule has 1 aromatic heterocycles. The zero-order chi connectivity index (χ0) is 12.6. The number of imidazole rings is 1. The first-order valence-electron chi connectivity index (χ1n) is 6.01. The van der Waals surface area contributed by atoms with Crippen molar-refractivity contribution < 1.29 is 0 Å². The van der Waals surface area contributed by atoms with Crippen molar-refractivity contribution in [2.75, 3.05) is 6.54 Å². The van der Waals surface area contributed by atoms with E-state index in [9.17, 15) is 0 Å². The molecular weight excluding hydrogens is 289 g/mol. The van der Waals surface area contributed by atoms with Crippen molar-refractivity contribution in [3.63, 3.8) is 0 Å². The quantitative estimate of drug-likeness (QED) is 0.454. The van der Waals surface area contributed by atoms with Gasteiger partial charge in [0.25, 0.3) is 0 Å². The number of aromatic nitrogens is 2. The fourth-order valence-electron chi connectivity index (χ4n) is 1.51. The van der Waals surface area contributed by atoms with Gasteiger partial charge in [0.2, 0.25) is 0 Å². The molecule has 0 saturated carbocycles. The van der Waals surface area contributed by atoms with Gasteiger partial charge in [0, 0.05) is 0 Å². The van der Waals surface area contributed by atoms with Crippen LogP contribution < -0.4 is 4.46 Å². The van der Waals surface area contributed by atoms with Crippen LogP contribution in [0.25, 0.3) is 0 Å². The number of rotatable bonds is 6. The van der Waals surface area contributed by atoms with Crippen molar-refractivity contribution in [1.29, 1.82) is 0 Å². The van der Waals surface area contributed by atoms with Crippen LogP contribution >= 0.6 is 0 Å². The Morgan fingerprint density at radius 3 is 2.89 bits per heavy atom. The predicted octanol–water partition coefficient (Wildman–Crippen LogP) is 1.68. The molecule has 0 radical (unpaired) electrons. The number of benzene rings is 1. The molecule has 0 aliphatic carbocycles. The third-order valence-electron chi connectivity index (χ3n) is 2.51. The summed E-state index contributed by atoms with van der Waals surface area (Å²) in [6.07, 6.45) is 6.73. The van der Waals surface area contributed by atoms with Gasteiger partial charge in [-0.15, -0.1) is 0 Å². The van der Waals surface area contributed by atoms with Crippen LogP contribution in [0.3, 0.4) is 0 Å². The van der Waals surface area contributed by atoms with Crippen LogP contribution in [0.4, 0.5) is 0 Å². The number of nitrogens with zero attached hydrogens (tertiary/aromatic N) is 3. The van der Waals surface area contributed by atoms with Crippen LogP contribution in [0, 0.1) is 0 Å². The number of hydrogen-bond acceptors (Lipinski definition) is 2. The average molecular weight is 306 g/mol. The molecule has 0 bridgehead atoms. The Balaban J connectivity index is 1.65. The number of aryl methyl sites for hydroxylation is 1. The summed E-state index contributed by atoms with van der Waals surface area (Å²) in [6.45, 7) is 0.890. The van der Waals surface area contributed by atoms with Gasteiger partial charge in [0.05, 0.1) is 0 Å². The van der Waals surface area contributed by atoms with Gasteiger partial charge in [-0.3, -0.25) is 0 Å². The van der Waals surface area contributed by atoms with Crippen LogP contribution in [0.5, 0.6) is 0 Å². The Hall–Kier alpha value is -1.38. The molecule has 94 valence electrons. The Bertz CT molecular complexity index is 491. The van der Waals surface area contributed by atoms with Gasteiger partial charge >= 0.3 is 114 Å². The summed E-state index contributed by atoms with van der Waals surface area (Å²) in [5.41, 5.74) is 0. The van der Waals surface area contributed by atoms with Crippen molar-refractivity contribution in [1.82, 2.24) is 9.55 Å². The molecule has 0 N–H and O–H groups in total. The summed E-state index contributed by atoms with van der Waals surface area (Å²) in [6, 6.07) is 10.7. The van der Waals surface area contributed by atoms with Gasteiger partial charge in [0.15, 0.2) is 0 Å². The average Bonchev–Trinajstić information content (AvgIpc) is 2.81. The van der Waals surface area contributed by atoms with E-state index >= 15 is 0 Å². The van der Waals surface area contributed by atoms with E-state index in [-0.39, 0.29) is 0 Å². The van der Waals surface area contributed by atoms with Crippen molar-refractivity contribution in [2.45, 2.75) is 11.7 Å². The molecule has 0 fully saturated rings. The van der Waals surface area contributed by atoms with Crippen LogP contribution in [0.1, 0.15) is 12.2 Å². The van der Waals surface area contributed by atoms with Crippen LogP contribution in [0.2, 0.25) is 5.32 Å². The van der Waals surface area contributed by atoms with E-state index in [1.807, 2.05) is 24.0 Å². The van der Waals surface area contributed by atoms with Gasteiger partial charge in [-0.2, -0.15) is 0 Å². The second kappa shape index (κ2) is 7.14. The molecule has 0 amide bonds.